The van der Waals surface area contributed by atoms with Crippen LogP contribution in [0.5, 0.6) is 0 Å². The van der Waals surface area contributed by atoms with Gasteiger partial charge in [-0.3, -0.25) is 0 Å². The molecule has 0 heterocycles. The average molecular weight is 318 g/mol. The Balaban J connectivity index is -0.000000720. The van der Waals surface area contributed by atoms with Gasteiger partial charge in [0.05, 0.1) is 0 Å². The largest absolute Gasteiger partial charge is 0.490 e. The molecule has 0 spiro atoms. The van der Waals surface area contributed by atoms with Crippen molar-refractivity contribution in [1.29, 1.82) is 0 Å². The molecule has 0 fully saturated rings. The minimum atomic E-state index is -5.46. The summed E-state index contributed by atoms with van der Waals surface area (Å²) in [4.78, 5) is 40.2. The fraction of sp³-hybridized carbons (Fsp3) is 0. The molecule has 0 saturated carbocycles. The lowest BCUT2D eigenvalue weighted by molar-refractivity contribution is 0.204. The molecule has 0 saturated heterocycles. The fourth-order valence-electron chi connectivity index (χ4n) is 0.284. The van der Waals surface area contributed by atoms with Crippen LogP contribution in [0.4, 0.5) is 0 Å². The molecule has 0 atom stereocenters. The van der Waals surface area contributed by atoms with E-state index < -0.39 is 23.5 Å². The standard InChI is InChI=1S/2Al.H5O10P3.6H/c;;1-11(2,3)9-13(7,8)10-12(4,5)6;;;;;;/h;;(H,7,8)(H2,1,2,3)(H2,4,5,6);;;;;;. The molecule has 0 aliphatic heterocycles. The predicted octanol–water partition coefficient (Wildman–Crippen LogP) is -3.06. The average Bonchev–Trinajstić information content (AvgIpc) is 1.43. The first kappa shape index (κ1) is 21.7. The second kappa shape index (κ2) is 7.03. The topological polar surface area (TPSA) is 171 Å². The van der Waals surface area contributed by atoms with E-state index in [4.69, 9.17) is 24.5 Å². The van der Waals surface area contributed by atoms with E-state index in [-0.39, 0.29) is 34.7 Å². The molecule has 0 bridgehead atoms. The second-order valence-electron chi connectivity index (χ2n) is 1.61. The van der Waals surface area contributed by atoms with E-state index in [0.717, 1.165) is 0 Å². The lowest BCUT2D eigenvalue weighted by atomic mass is 15.7. The molecule has 0 aromatic heterocycles. The summed E-state index contributed by atoms with van der Waals surface area (Å²) >= 11 is 0. The van der Waals surface area contributed by atoms with E-state index in [1.54, 1.807) is 0 Å². The third-order valence-electron chi connectivity index (χ3n) is 0.419. The van der Waals surface area contributed by atoms with Gasteiger partial charge in [-0.2, -0.15) is 8.62 Å². The van der Waals surface area contributed by atoms with Gasteiger partial charge in [-0.25, -0.2) is 13.7 Å². The van der Waals surface area contributed by atoms with E-state index in [1.165, 1.54) is 0 Å². The summed E-state index contributed by atoms with van der Waals surface area (Å²) in [6, 6.07) is 0. The zero-order valence-corrected chi connectivity index (χ0v) is 8.30. The van der Waals surface area contributed by atoms with Crippen LogP contribution in [0.1, 0.15) is 0 Å². The highest BCUT2D eigenvalue weighted by molar-refractivity contribution is 7.66. The van der Waals surface area contributed by atoms with Gasteiger partial charge in [0, 0.05) is 0 Å². The van der Waals surface area contributed by atoms with Gasteiger partial charge in [-0.1, -0.05) is 0 Å². The first-order valence-corrected chi connectivity index (χ1v) is 6.83. The molecular formula is H11Al2O10P3. The number of phosphoric acid groups is 3. The summed E-state index contributed by atoms with van der Waals surface area (Å²) in [5.41, 5.74) is 0. The van der Waals surface area contributed by atoms with Crippen molar-refractivity contribution in [2.45, 2.75) is 0 Å². The van der Waals surface area contributed by atoms with E-state index in [0.29, 0.717) is 0 Å². The van der Waals surface area contributed by atoms with Gasteiger partial charge in [0.25, 0.3) is 0 Å². The molecule has 92 valence electrons. The smallest absolute Gasteiger partial charge is 0.302 e. The third-order valence-corrected chi connectivity index (χ3v) is 3.77. The van der Waals surface area contributed by atoms with Crippen molar-refractivity contribution in [3.05, 3.63) is 0 Å². The van der Waals surface area contributed by atoms with Gasteiger partial charge in [-0.15, -0.1) is 0 Å². The van der Waals surface area contributed by atoms with Crippen LogP contribution in [0.25, 0.3) is 0 Å². The molecule has 5 N–H and O–H groups in total. The monoisotopic (exact) mass is 318 g/mol. The van der Waals surface area contributed by atoms with Crippen molar-refractivity contribution in [3.63, 3.8) is 0 Å². The molecular weight excluding hydrogens is 307 g/mol. The highest BCUT2D eigenvalue weighted by Gasteiger charge is 2.38. The summed E-state index contributed by atoms with van der Waals surface area (Å²) in [6.07, 6.45) is 0. The van der Waals surface area contributed by atoms with Crippen LogP contribution >= 0.6 is 23.5 Å². The second-order valence-corrected chi connectivity index (χ2v) is 5.82. The lowest BCUT2D eigenvalue weighted by Gasteiger charge is -2.11. The van der Waals surface area contributed by atoms with Crippen molar-refractivity contribution < 1.29 is 46.8 Å². The molecule has 15 heavy (non-hydrogen) atoms. The van der Waals surface area contributed by atoms with Crippen LogP contribution in [-0.4, -0.2) is 59.2 Å². The summed E-state index contributed by atoms with van der Waals surface area (Å²) < 4.78 is 36.4. The molecule has 0 aromatic carbocycles. The Labute approximate surface area is 105 Å². The Morgan fingerprint density at radius 1 is 0.667 bits per heavy atom. The summed E-state index contributed by atoms with van der Waals surface area (Å²) in [6.45, 7) is 0. The first-order valence-electron chi connectivity index (χ1n) is 2.28. The van der Waals surface area contributed by atoms with Crippen LogP contribution in [0.2, 0.25) is 0 Å². The maximum Gasteiger partial charge on any atom is 0.490 e. The predicted molar refractivity (Wildman–Crippen MR) is 56.0 cm³/mol. The van der Waals surface area contributed by atoms with Crippen LogP contribution in [-0.2, 0) is 22.3 Å². The summed E-state index contributed by atoms with van der Waals surface area (Å²) in [7, 11) is -16.2. The molecule has 0 aliphatic carbocycles. The number of hydrogen-bond acceptors (Lipinski definition) is 5. The van der Waals surface area contributed by atoms with Gasteiger partial charge in [0.2, 0.25) is 0 Å². The van der Waals surface area contributed by atoms with Crippen LogP contribution in [0.15, 0.2) is 0 Å². The van der Waals surface area contributed by atoms with E-state index in [1.807, 2.05) is 0 Å². The Bertz CT molecular complexity index is 281. The first-order chi connectivity index (χ1) is 5.41. The molecule has 10 nitrogen and oxygen atoms in total. The van der Waals surface area contributed by atoms with Crippen LogP contribution in [0.3, 0.4) is 0 Å². The minimum Gasteiger partial charge on any atom is -0.302 e. The van der Waals surface area contributed by atoms with E-state index in [2.05, 4.69) is 8.62 Å². The quantitative estimate of drug-likeness (QED) is 0.265. The van der Waals surface area contributed by atoms with Crippen LogP contribution < -0.4 is 0 Å². The Morgan fingerprint density at radius 3 is 1.00 bits per heavy atom. The molecule has 0 rings (SSSR count). The Hall–Kier alpha value is 1.47. The maximum atomic E-state index is 10.4. The molecule has 0 radical (unpaired) electrons. The molecule has 0 aromatic rings. The van der Waals surface area contributed by atoms with Crippen molar-refractivity contribution in [2.24, 2.45) is 0 Å². The van der Waals surface area contributed by atoms with Gasteiger partial charge < -0.3 is 24.5 Å². The molecule has 0 amide bonds. The van der Waals surface area contributed by atoms with Crippen molar-refractivity contribution in [3.8, 4) is 0 Å². The van der Waals surface area contributed by atoms with Gasteiger partial charge in [0.15, 0.2) is 34.7 Å². The summed E-state index contributed by atoms with van der Waals surface area (Å²) in [5.74, 6) is 0. The van der Waals surface area contributed by atoms with Crippen molar-refractivity contribution >= 4 is 58.2 Å². The third kappa shape index (κ3) is 15.5. The molecule has 15 heteroatoms. The SMILES string of the molecule is O=P(O)(O)OP(=O)(O)OP(=O)(O)O.[AlH3].[AlH3]. The highest BCUT2D eigenvalue weighted by atomic mass is 31.3. The van der Waals surface area contributed by atoms with Crippen LogP contribution in [0, 0.1) is 0 Å². The normalized spacial score (nSPS) is 12.6. The van der Waals surface area contributed by atoms with Gasteiger partial charge in [-0.05, 0) is 0 Å². The zero-order valence-electron chi connectivity index (χ0n) is 5.62. The molecule has 0 aliphatic rings. The Morgan fingerprint density at radius 2 is 0.867 bits per heavy atom. The minimum absolute atomic E-state index is 0. The van der Waals surface area contributed by atoms with Crippen molar-refractivity contribution in [1.82, 2.24) is 0 Å². The number of rotatable bonds is 4. The molecule has 0 unspecified atom stereocenters. The van der Waals surface area contributed by atoms with E-state index >= 15 is 0 Å². The maximum absolute atomic E-state index is 10.4. The fourth-order valence-corrected chi connectivity index (χ4v) is 2.82. The summed E-state index contributed by atoms with van der Waals surface area (Å²) in [5, 5.41) is 0. The van der Waals surface area contributed by atoms with E-state index in [9.17, 15) is 13.7 Å². The van der Waals surface area contributed by atoms with Crippen molar-refractivity contribution in [2.75, 3.05) is 0 Å². The van der Waals surface area contributed by atoms with Gasteiger partial charge >= 0.3 is 23.5 Å². The van der Waals surface area contributed by atoms with Gasteiger partial charge in [0.1, 0.15) is 0 Å². The Kier molecular flexibility index (Phi) is 10.2. The zero-order chi connectivity index (χ0) is 10.9. The highest BCUT2D eigenvalue weighted by Crippen LogP contribution is 2.64. The lowest BCUT2D eigenvalue weighted by Crippen LogP contribution is -1.91. The number of hydrogen-bond donors (Lipinski definition) is 5.